The first kappa shape index (κ1) is 16.9. The Balaban J connectivity index is 3.04. The van der Waals surface area contributed by atoms with Crippen LogP contribution >= 0.6 is 0 Å². The number of benzene rings is 1. The van der Waals surface area contributed by atoms with Gasteiger partial charge in [-0.25, -0.2) is 0 Å². The molecule has 1 aromatic rings. The van der Waals surface area contributed by atoms with Crippen LogP contribution in [0.3, 0.4) is 0 Å². The van der Waals surface area contributed by atoms with Crippen molar-refractivity contribution >= 4 is 11.7 Å². The Morgan fingerprint density at radius 1 is 1.48 bits per heavy atom. The summed E-state index contributed by atoms with van der Waals surface area (Å²) in [6, 6.07) is 4.53. The molecule has 1 unspecified atom stereocenters. The third-order valence-corrected chi connectivity index (χ3v) is 3.34. The molecule has 1 atom stereocenters. The monoisotopic (exact) mass is 296 g/mol. The maximum Gasteiger partial charge on any atom is 0.317 e. The van der Waals surface area contributed by atoms with E-state index < -0.39 is 10.9 Å². The summed E-state index contributed by atoms with van der Waals surface area (Å²) in [6.07, 6.45) is 0.791. The number of methoxy groups -OCH3 is 1. The number of nitro groups is 1. The number of ether oxygens (including phenoxy) is 1. The van der Waals surface area contributed by atoms with E-state index in [9.17, 15) is 14.9 Å². The molecule has 0 bridgehead atoms. The van der Waals surface area contributed by atoms with Gasteiger partial charge in [0.15, 0.2) is 0 Å². The topological polar surface area (TPSA) is 92.9 Å². The van der Waals surface area contributed by atoms with E-state index in [1.165, 1.54) is 19.2 Å². The smallest absolute Gasteiger partial charge is 0.317 e. The number of carbonyl (C=O) groups is 1. The Morgan fingerprint density at radius 3 is 2.62 bits per heavy atom. The largest absolute Gasteiger partial charge is 0.496 e. The van der Waals surface area contributed by atoms with E-state index in [-0.39, 0.29) is 18.3 Å². The zero-order valence-electron chi connectivity index (χ0n) is 12.4. The molecule has 0 aromatic heterocycles. The van der Waals surface area contributed by atoms with E-state index in [0.29, 0.717) is 17.9 Å². The lowest BCUT2D eigenvalue weighted by Crippen LogP contribution is -2.36. The fourth-order valence-electron chi connectivity index (χ4n) is 1.99. The van der Waals surface area contributed by atoms with Crippen molar-refractivity contribution in [3.8, 4) is 5.75 Å². The van der Waals surface area contributed by atoms with Gasteiger partial charge in [0.2, 0.25) is 0 Å². The third-order valence-electron chi connectivity index (χ3n) is 3.34. The lowest BCUT2D eigenvalue weighted by atomic mass is 10.1. The third kappa shape index (κ3) is 5.03. The number of nitro benzene ring substituents is 1. The number of nitrogens with zero attached hydrogens (tertiary/aromatic N) is 2. The van der Waals surface area contributed by atoms with E-state index in [2.05, 4.69) is 0 Å². The van der Waals surface area contributed by atoms with E-state index in [1.807, 2.05) is 13.8 Å². The predicted octanol–water partition coefficient (Wildman–Crippen LogP) is 2.29. The number of hydrogen-bond donors (Lipinski definition) is 1. The van der Waals surface area contributed by atoms with Gasteiger partial charge < -0.3 is 9.84 Å². The highest BCUT2D eigenvalue weighted by atomic mass is 16.6. The predicted molar refractivity (Wildman–Crippen MR) is 77.4 cm³/mol. The molecule has 21 heavy (non-hydrogen) atoms. The molecule has 0 fully saturated rings. The van der Waals surface area contributed by atoms with Gasteiger partial charge in [0.05, 0.1) is 24.6 Å². The van der Waals surface area contributed by atoms with Crippen LogP contribution in [0.15, 0.2) is 18.2 Å². The van der Waals surface area contributed by atoms with Crippen LogP contribution in [0.5, 0.6) is 5.75 Å². The summed E-state index contributed by atoms with van der Waals surface area (Å²) in [5.41, 5.74) is 0.589. The minimum absolute atomic E-state index is 0.0614. The molecule has 0 spiro atoms. The highest BCUT2D eigenvalue weighted by Crippen LogP contribution is 2.24. The maximum absolute atomic E-state index is 10.9. The minimum Gasteiger partial charge on any atom is -0.496 e. The first-order valence-corrected chi connectivity index (χ1v) is 6.65. The number of rotatable bonds is 8. The summed E-state index contributed by atoms with van der Waals surface area (Å²) in [6.45, 7) is 4.10. The quantitative estimate of drug-likeness (QED) is 0.584. The van der Waals surface area contributed by atoms with Crippen LogP contribution in [0.2, 0.25) is 0 Å². The van der Waals surface area contributed by atoms with Crippen LogP contribution in [0.1, 0.15) is 25.8 Å². The van der Waals surface area contributed by atoms with Gasteiger partial charge in [0.25, 0.3) is 5.69 Å². The Kier molecular flexibility index (Phi) is 6.10. The number of aliphatic carboxylic acids is 1. The van der Waals surface area contributed by atoms with Crippen LogP contribution in [0.25, 0.3) is 0 Å². The molecule has 7 heteroatoms. The Labute approximate surface area is 123 Å². The Morgan fingerprint density at radius 2 is 2.14 bits per heavy atom. The average Bonchev–Trinajstić information content (AvgIpc) is 2.44. The van der Waals surface area contributed by atoms with E-state index >= 15 is 0 Å². The molecule has 7 nitrogen and oxygen atoms in total. The van der Waals surface area contributed by atoms with Crippen LogP contribution < -0.4 is 4.74 Å². The van der Waals surface area contributed by atoms with Gasteiger partial charge in [0, 0.05) is 18.7 Å². The van der Waals surface area contributed by atoms with Crippen molar-refractivity contribution in [2.45, 2.75) is 32.9 Å². The fourth-order valence-corrected chi connectivity index (χ4v) is 1.99. The first-order valence-electron chi connectivity index (χ1n) is 6.65. The molecule has 0 radical (unpaired) electrons. The minimum atomic E-state index is -0.923. The van der Waals surface area contributed by atoms with Gasteiger partial charge in [0.1, 0.15) is 5.75 Å². The summed E-state index contributed by atoms with van der Waals surface area (Å²) >= 11 is 0. The number of carboxylic acids is 1. The maximum atomic E-state index is 10.9. The summed E-state index contributed by atoms with van der Waals surface area (Å²) in [7, 11) is 1.44. The number of carboxylic acid groups (broad SMARTS) is 1. The van der Waals surface area contributed by atoms with Crippen molar-refractivity contribution in [3.05, 3.63) is 33.9 Å². The molecule has 116 valence electrons. The number of hydrogen-bond acceptors (Lipinski definition) is 5. The number of non-ortho nitro benzene ring substituents is 1. The van der Waals surface area contributed by atoms with E-state index in [0.717, 1.165) is 6.42 Å². The molecule has 0 amide bonds. The molecule has 0 aliphatic heterocycles. The van der Waals surface area contributed by atoms with Gasteiger partial charge in [-0.15, -0.1) is 0 Å². The summed E-state index contributed by atoms with van der Waals surface area (Å²) in [5, 5.41) is 19.9. The zero-order valence-corrected chi connectivity index (χ0v) is 12.4. The lowest BCUT2D eigenvalue weighted by molar-refractivity contribution is -0.385. The van der Waals surface area contributed by atoms with Gasteiger partial charge in [-0.2, -0.15) is 0 Å². The second-order valence-electron chi connectivity index (χ2n) is 4.85. The Bertz CT molecular complexity index is 518. The Hall–Kier alpha value is -2.15. The molecule has 0 aliphatic carbocycles. The summed E-state index contributed by atoms with van der Waals surface area (Å²) < 4.78 is 5.06. The molecular formula is C14H20N2O5. The van der Waals surface area contributed by atoms with Crippen molar-refractivity contribution in [1.82, 2.24) is 4.90 Å². The lowest BCUT2D eigenvalue weighted by Gasteiger charge is -2.26. The molecule has 0 saturated heterocycles. The standard InChI is InChI=1S/C14H20N2O5/c1-4-10(2)15(9-14(17)18)8-11-5-12(16(19)20)7-13(6-11)21-3/h5-7,10H,4,8-9H2,1-3H3,(H,17,18). The van der Waals surface area contributed by atoms with E-state index in [1.54, 1.807) is 11.0 Å². The molecule has 1 aromatic carbocycles. The molecule has 0 heterocycles. The van der Waals surface area contributed by atoms with Gasteiger partial charge >= 0.3 is 5.97 Å². The molecular weight excluding hydrogens is 276 g/mol. The highest BCUT2D eigenvalue weighted by Gasteiger charge is 2.18. The molecule has 0 saturated carbocycles. The highest BCUT2D eigenvalue weighted by molar-refractivity contribution is 5.69. The first-order chi connectivity index (χ1) is 9.87. The van der Waals surface area contributed by atoms with Gasteiger partial charge in [-0.05, 0) is 25.0 Å². The SMILES string of the molecule is CCC(C)N(CC(=O)O)Cc1cc(OC)cc([N+](=O)[O-])c1. The van der Waals surface area contributed by atoms with Crippen molar-refractivity contribution < 1.29 is 19.6 Å². The van der Waals surface area contributed by atoms with Crippen LogP contribution in [-0.2, 0) is 11.3 Å². The zero-order chi connectivity index (χ0) is 16.0. The average molecular weight is 296 g/mol. The fraction of sp³-hybridized carbons (Fsp3) is 0.500. The van der Waals surface area contributed by atoms with Crippen LogP contribution in [-0.4, -0.2) is 40.6 Å². The molecule has 1 rings (SSSR count). The molecule has 1 N–H and O–H groups in total. The normalized spacial score (nSPS) is 12.2. The van der Waals surface area contributed by atoms with Crippen LogP contribution in [0.4, 0.5) is 5.69 Å². The summed E-state index contributed by atoms with van der Waals surface area (Å²) in [4.78, 5) is 23.1. The van der Waals surface area contributed by atoms with Crippen LogP contribution in [0, 0.1) is 10.1 Å². The second kappa shape index (κ2) is 7.58. The van der Waals surface area contributed by atoms with Crippen molar-refractivity contribution in [1.29, 1.82) is 0 Å². The summed E-state index contributed by atoms with van der Waals surface area (Å²) in [5.74, 6) is -0.536. The molecule has 0 aliphatic rings. The van der Waals surface area contributed by atoms with Crippen molar-refractivity contribution in [2.24, 2.45) is 0 Å². The van der Waals surface area contributed by atoms with Gasteiger partial charge in [-0.3, -0.25) is 19.8 Å². The van der Waals surface area contributed by atoms with Crippen molar-refractivity contribution in [3.63, 3.8) is 0 Å². The van der Waals surface area contributed by atoms with Gasteiger partial charge in [-0.1, -0.05) is 6.92 Å². The second-order valence-corrected chi connectivity index (χ2v) is 4.85. The van der Waals surface area contributed by atoms with Crippen molar-refractivity contribution in [2.75, 3.05) is 13.7 Å². The van der Waals surface area contributed by atoms with E-state index in [4.69, 9.17) is 9.84 Å².